The van der Waals surface area contributed by atoms with Crippen LogP contribution in [-0.2, 0) is 4.79 Å². The average Bonchev–Trinajstić information content (AvgIpc) is 3.11. The molecule has 0 unspecified atom stereocenters. The Balaban J connectivity index is 1.59. The molecule has 1 N–H and O–H groups in total. The van der Waals surface area contributed by atoms with Gasteiger partial charge in [0.1, 0.15) is 5.01 Å². The summed E-state index contributed by atoms with van der Waals surface area (Å²) in [5, 5.41) is 13.2. The zero-order chi connectivity index (χ0) is 13.1. The Labute approximate surface area is 118 Å². The third-order valence-corrected chi connectivity index (χ3v) is 5.35. The first kappa shape index (κ1) is 13.0. The number of hydrogen-bond acceptors (Lipinski definition) is 4. The van der Waals surface area contributed by atoms with Crippen LogP contribution in [0, 0.1) is 5.92 Å². The van der Waals surface area contributed by atoms with Gasteiger partial charge in [0.15, 0.2) is 0 Å². The van der Waals surface area contributed by atoms with Gasteiger partial charge in [-0.05, 0) is 25.7 Å². The van der Waals surface area contributed by atoms with E-state index in [-0.39, 0.29) is 11.8 Å². The molecule has 0 bridgehead atoms. The molecule has 0 saturated heterocycles. The zero-order valence-electron chi connectivity index (χ0n) is 11.2. The Hall–Kier alpha value is -0.970. The van der Waals surface area contributed by atoms with Gasteiger partial charge in [-0.3, -0.25) is 4.79 Å². The van der Waals surface area contributed by atoms with Crippen LogP contribution in [0.1, 0.15) is 68.7 Å². The average molecular weight is 279 g/mol. The van der Waals surface area contributed by atoms with Crippen molar-refractivity contribution in [2.24, 2.45) is 5.92 Å². The van der Waals surface area contributed by atoms with Crippen molar-refractivity contribution in [3.05, 3.63) is 5.01 Å². The molecule has 1 amide bonds. The van der Waals surface area contributed by atoms with Crippen molar-refractivity contribution in [2.45, 2.75) is 63.7 Å². The van der Waals surface area contributed by atoms with Gasteiger partial charge in [-0.2, -0.15) is 0 Å². The number of hydrogen-bond donors (Lipinski definition) is 1. The summed E-state index contributed by atoms with van der Waals surface area (Å²) >= 11 is 1.57. The lowest BCUT2D eigenvalue weighted by Crippen LogP contribution is -2.20. The normalized spacial score (nSPS) is 21.7. The van der Waals surface area contributed by atoms with E-state index >= 15 is 0 Å². The minimum atomic E-state index is 0.142. The topological polar surface area (TPSA) is 54.9 Å². The van der Waals surface area contributed by atoms with E-state index in [0.29, 0.717) is 11.0 Å². The highest BCUT2D eigenvalue weighted by Gasteiger charge is 2.24. The number of aromatic nitrogens is 2. The molecular weight excluding hydrogens is 258 g/mol. The molecule has 2 fully saturated rings. The molecule has 4 nitrogen and oxygen atoms in total. The molecule has 0 spiro atoms. The first-order valence-corrected chi connectivity index (χ1v) is 8.29. The summed E-state index contributed by atoms with van der Waals surface area (Å²) in [4.78, 5) is 12.0. The van der Waals surface area contributed by atoms with E-state index in [1.807, 2.05) is 0 Å². The van der Waals surface area contributed by atoms with Gasteiger partial charge in [0, 0.05) is 11.8 Å². The van der Waals surface area contributed by atoms with Crippen LogP contribution in [0.4, 0.5) is 5.13 Å². The molecule has 104 valence electrons. The number of amides is 1. The summed E-state index contributed by atoms with van der Waals surface area (Å²) in [7, 11) is 0. The van der Waals surface area contributed by atoms with Crippen molar-refractivity contribution >= 4 is 22.4 Å². The first-order valence-electron chi connectivity index (χ1n) is 7.47. The van der Waals surface area contributed by atoms with E-state index in [2.05, 4.69) is 15.5 Å². The predicted molar refractivity (Wildman–Crippen MR) is 76.3 cm³/mol. The fourth-order valence-electron chi connectivity index (χ4n) is 3.20. The summed E-state index contributed by atoms with van der Waals surface area (Å²) in [6.45, 7) is 0. The van der Waals surface area contributed by atoms with Crippen molar-refractivity contribution in [3.63, 3.8) is 0 Å². The lowest BCUT2D eigenvalue weighted by molar-refractivity contribution is -0.119. The van der Waals surface area contributed by atoms with E-state index in [1.165, 1.54) is 44.9 Å². The molecule has 2 aliphatic carbocycles. The van der Waals surface area contributed by atoms with E-state index < -0.39 is 0 Å². The van der Waals surface area contributed by atoms with Gasteiger partial charge in [-0.15, -0.1) is 10.2 Å². The summed E-state index contributed by atoms with van der Waals surface area (Å²) < 4.78 is 0. The fourth-order valence-corrected chi connectivity index (χ4v) is 4.11. The van der Waals surface area contributed by atoms with E-state index in [4.69, 9.17) is 0 Å². The summed E-state index contributed by atoms with van der Waals surface area (Å²) in [6, 6.07) is 0. The third-order valence-electron chi connectivity index (χ3n) is 4.35. The van der Waals surface area contributed by atoms with Crippen LogP contribution in [0.5, 0.6) is 0 Å². The molecule has 1 aromatic heterocycles. The van der Waals surface area contributed by atoms with Crippen LogP contribution in [0.3, 0.4) is 0 Å². The molecular formula is C14H21N3OS. The van der Waals surface area contributed by atoms with Gasteiger partial charge in [-0.25, -0.2) is 0 Å². The summed E-state index contributed by atoms with van der Waals surface area (Å²) in [6.07, 6.45) is 10.8. The second-order valence-corrected chi connectivity index (χ2v) is 6.76. The lowest BCUT2D eigenvalue weighted by atomic mass is 9.90. The maximum Gasteiger partial charge on any atom is 0.229 e. The first-order chi connectivity index (χ1) is 9.33. The van der Waals surface area contributed by atoms with E-state index in [9.17, 15) is 4.79 Å². The molecule has 1 aromatic rings. The molecule has 1 heterocycles. The molecule has 0 atom stereocenters. The standard InChI is InChI=1S/C14H21N3OS/c18-12(10-6-4-5-7-10)15-14-17-16-13(19-14)11-8-2-1-3-9-11/h10-11H,1-9H2,(H,15,17,18). The van der Waals surface area contributed by atoms with Gasteiger partial charge in [0.2, 0.25) is 11.0 Å². The zero-order valence-corrected chi connectivity index (χ0v) is 12.0. The van der Waals surface area contributed by atoms with E-state index in [0.717, 1.165) is 17.8 Å². The highest BCUT2D eigenvalue weighted by atomic mass is 32.1. The Morgan fingerprint density at radius 1 is 1.00 bits per heavy atom. The van der Waals surface area contributed by atoms with E-state index in [1.54, 1.807) is 11.3 Å². The van der Waals surface area contributed by atoms with Crippen LogP contribution in [0.2, 0.25) is 0 Å². The third kappa shape index (κ3) is 3.14. The number of anilines is 1. The quantitative estimate of drug-likeness (QED) is 0.917. The molecule has 0 aromatic carbocycles. The van der Waals surface area contributed by atoms with Crippen molar-refractivity contribution in [1.29, 1.82) is 0 Å². The van der Waals surface area contributed by atoms with Crippen molar-refractivity contribution in [3.8, 4) is 0 Å². The lowest BCUT2D eigenvalue weighted by Gasteiger charge is -2.18. The smallest absolute Gasteiger partial charge is 0.229 e. The maximum absolute atomic E-state index is 12.0. The number of nitrogens with zero attached hydrogens (tertiary/aromatic N) is 2. The summed E-state index contributed by atoms with van der Waals surface area (Å²) in [5.41, 5.74) is 0. The Morgan fingerprint density at radius 2 is 1.68 bits per heavy atom. The molecule has 3 rings (SSSR count). The van der Waals surface area contributed by atoms with Crippen LogP contribution < -0.4 is 5.32 Å². The number of rotatable bonds is 3. The van der Waals surface area contributed by atoms with Crippen LogP contribution in [0.15, 0.2) is 0 Å². The minimum absolute atomic E-state index is 0.142. The highest BCUT2D eigenvalue weighted by Crippen LogP contribution is 2.35. The second kappa shape index (κ2) is 5.99. The van der Waals surface area contributed by atoms with Crippen molar-refractivity contribution in [2.75, 3.05) is 5.32 Å². The van der Waals surface area contributed by atoms with Crippen LogP contribution >= 0.6 is 11.3 Å². The van der Waals surface area contributed by atoms with Crippen molar-refractivity contribution in [1.82, 2.24) is 10.2 Å². The monoisotopic (exact) mass is 279 g/mol. The highest BCUT2D eigenvalue weighted by molar-refractivity contribution is 7.15. The van der Waals surface area contributed by atoms with Gasteiger partial charge >= 0.3 is 0 Å². The fraction of sp³-hybridized carbons (Fsp3) is 0.786. The van der Waals surface area contributed by atoms with Crippen LogP contribution in [0.25, 0.3) is 0 Å². The number of nitrogens with one attached hydrogen (secondary N) is 1. The molecule has 19 heavy (non-hydrogen) atoms. The predicted octanol–water partition coefficient (Wildman–Crippen LogP) is 3.71. The molecule has 2 saturated carbocycles. The Morgan fingerprint density at radius 3 is 2.42 bits per heavy atom. The number of carbonyl (C=O) groups is 1. The Bertz CT molecular complexity index is 434. The molecule has 0 aliphatic heterocycles. The van der Waals surface area contributed by atoms with Gasteiger partial charge in [0.05, 0.1) is 0 Å². The SMILES string of the molecule is O=C(Nc1nnc(C2CCCCC2)s1)C1CCCC1. The van der Waals surface area contributed by atoms with Crippen LogP contribution in [-0.4, -0.2) is 16.1 Å². The number of carbonyl (C=O) groups excluding carboxylic acids is 1. The van der Waals surface area contributed by atoms with Gasteiger partial charge in [-0.1, -0.05) is 43.4 Å². The maximum atomic E-state index is 12.0. The molecule has 5 heteroatoms. The van der Waals surface area contributed by atoms with Gasteiger partial charge in [0.25, 0.3) is 0 Å². The Kier molecular flexibility index (Phi) is 4.11. The molecule has 2 aliphatic rings. The minimum Gasteiger partial charge on any atom is -0.300 e. The molecule has 0 radical (unpaired) electrons. The summed E-state index contributed by atoms with van der Waals surface area (Å²) in [5.74, 6) is 0.911. The van der Waals surface area contributed by atoms with Gasteiger partial charge < -0.3 is 5.32 Å². The van der Waals surface area contributed by atoms with Crippen molar-refractivity contribution < 1.29 is 4.79 Å². The second-order valence-electron chi connectivity index (χ2n) is 5.75. The largest absolute Gasteiger partial charge is 0.300 e.